The summed E-state index contributed by atoms with van der Waals surface area (Å²) in [5, 5.41) is 11.7. The van der Waals surface area contributed by atoms with Crippen molar-refractivity contribution >= 4 is 35.5 Å². The summed E-state index contributed by atoms with van der Waals surface area (Å²) in [6.07, 6.45) is 2.88. The van der Waals surface area contributed by atoms with Crippen LogP contribution in [0, 0.1) is 0 Å². The standard InChI is InChI=1S/C14H24N4O5S/c1-24-6-4-9(14(22)23)17-12(20)10-3-2-5-18(10)13(21)8(15)7-11(16)19/h8-10H,2-7,15H2,1H3,(H2,16,19)(H,17,20)(H,22,23). The first-order valence-electron chi connectivity index (χ1n) is 7.64. The third kappa shape index (κ3) is 5.68. The molecule has 1 aliphatic heterocycles. The quantitative estimate of drug-likeness (QED) is 0.390. The van der Waals surface area contributed by atoms with Gasteiger partial charge in [0, 0.05) is 6.54 Å². The highest BCUT2D eigenvalue weighted by Gasteiger charge is 2.37. The number of carboxylic acid groups (broad SMARTS) is 1. The third-order valence-corrected chi connectivity index (χ3v) is 4.45. The smallest absolute Gasteiger partial charge is 0.326 e. The number of aliphatic carboxylic acids is 1. The fourth-order valence-electron chi connectivity index (χ4n) is 2.58. The predicted molar refractivity (Wildman–Crippen MR) is 89.1 cm³/mol. The molecular formula is C14H24N4O5S. The number of rotatable bonds is 9. The van der Waals surface area contributed by atoms with Gasteiger partial charge in [-0.25, -0.2) is 4.79 Å². The maximum absolute atomic E-state index is 12.4. The molecule has 3 unspecified atom stereocenters. The molecule has 1 aliphatic rings. The molecule has 0 aliphatic carbocycles. The van der Waals surface area contributed by atoms with E-state index in [9.17, 15) is 24.3 Å². The van der Waals surface area contributed by atoms with Crippen molar-refractivity contribution in [3.63, 3.8) is 0 Å². The molecule has 136 valence electrons. The van der Waals surface area contributed by atoms with E-state index in [1.807, 2.05) is 6.26 Å². The maximum Gasteiger partial charge on any atom is 0.326 e. The molecule has 24 heavy (non-hydrogen) atoms. The van der Waals surface area contributed by atoms with Crippen LogP contribution in [0.2, 0.25) is 0 Å². The monoisotopic (exact) mass is 360 g/mol. The molecule has 1 rings (SSSR count). The first-order valence-corrected chi connectivity index (χ1v) is 9.03. The SMILES string of the molecule is CSCCC(NC(=O)C1CCCN1C(=O)C(N)CC(N)=O)C(=O)O. The lowest BCUT2D eigenvalue weighted by Crippen LogP contribution is -2.54. The van der Waals surface area contributed by atoms with Crippen LogP contribution in [-0.2, 0) is 19.2 Å². The van der Waals surface area contributed by atoms with Crippen molar-refractivity contribution in [2.75, 3.05) is 18.6 Å². The number of nitrogens with two attached hydrogens (primary N) is 2. The van der Waals surface area contributed by atoms with E-state index in [1.54, 1.807) is 0 Å². The van der Waals surface area contributed by atoms with E-state index in [2.05, 4.69) is 5.32 Å². The highest BCUT2D eigenvalue weighted by atomic mass is 32.2. The van der Waals surface area contributed by atoms with Crippen LogP contribution in [0.15, 0.2) is 0 Å². The van der Waals surface area contributed by atoms with Crippen LogP contribution in [-0.4, -0.2) is 70.4 Å². The van der Waals surface area contributed by atoms with E-state index in [0.29, 0.717) is 31.6 Å². The Morgan fingerprint density at radius 3 is 2.58 bits per heavy atom. The maximum atomic E-state index is 12.4. The minimum atomic E-state index is -1.11. The molecule has 10 heteroatoms. The molecule has 0 aromatic rings. The number of hydrogen-bond acceptors (Lipinski definition) is 6. The molecule has 0 aromatic heterocycles. The van der Waals surface area contributed by atoms with Gasteiger partial charge in [-0.2, -0.15) is 11.8 Å². The zero-order valence-electron chi connectivity index (χ0n) is 13.6. The molecule has 0 bridgehead atoms. The first-order chi connectivity index (χ1) is 11.3. The van der Waals surface area contributed by atoms with Crippen LogP contribution < -0.4 is 16.8 Å². The Morgan fingerprint density at radius 1 is 1.38 bits per heavy atom. The fraction of sp³-hybridized carbons (Fsp3) is 0.714. The van der Waals surface area contributed by atoms with Gasteiger partial charge in [0.15, 0.2) is 0 Å². The molecule has 0 saturated carbocycles. The first kappa shape index (κ1) is 20.2. The molecule has 0 radical (unpaired) electrons. The number of amides is 3. The number of thioether (sulfide) groups is 1. The number of hydrogen-bond donors (Lipinski definition) is 4. The second-order valence-corrected chi connectivity index (χ2v) is 6.63. The van der Waals surface area contributed by atoms with Gasteiger partial charge in [-0.05, 0) is 31.3 Å². The van der Waals surface area contributed by atoms with Crippen molar-refractivity contribution < 1.29 is 24.3 Å². The van der Waals surface area contributed by atoms with Gasteiger partial charge < -0.3 is 26.8 Å². The number of nitrogens with one attached hydrogen (secondary N) is 1. The van der Waals surface area contributed by atoms with Crippen LogP contribution in [0.1, 0.15) is 25.7 Å². The molecule has 0 aromatic carbocycles. The molecule has 1 heterocycles. The molecule has 6 N–H and O–H groups in total. The molecule has 9 nitrogen and oxygen atoms in total. The lowest BCUT2D eigenvalue weighted by Gasteiger charge is -2.27. The number of nitrogens with zero attached hydrogens (tertiary/aromatic N) is 1. The van der Waals surface area contributed by atoms with Crippen LogP contribution in [0.4, 0.5) is 0 Å². The summed E-state index contributed by atoms with van der Waals surface area (Å²) in [5.41, 5.74) is 10.7. The Kier molecular flexibility index (Phi) is 7.99. The van der Waals surface area contributed by atoms with Crippen molar-refractivity contribution in [2.24, 2.45) is 11.5 Å². The van der Waals surface area contributed by atoms with E-state index in [0.717, 1.165) is 0 Å². The van der Waals surface area contributed by atoms with Crippen LogP contribution in [0.25, 0.3) is 0 Å². The highest BCUT2D eigenvalue weighted by molar-refractivity contribution is 7.98. The number of carbonyl (C=O) groups excluding carboxylic acids is 3. The average molecular weight is 360 g/mol. The Hall–Kier alpha value is -1.81. The molecule has 3 atom stereocenters. The summed E-state index contributed by atoms with van der Waals surface area (Å²) in [6, 6.07) is -2.86. The topological polar surface area (TPSA) is 156 Å². The zero-order chi connectivity index (χ0) is 18.3. The minimum Gasteiger partial charge on any atom is -0.480 e. The van der Waals surface area contributed by atoms with Crippen molar-refractivity contribution in [3.8, 4) is 0 Å². The summed E-state index contributed by atoms with van der Waals surface area (Å²) >= 11 is 1.48. The van der Waals surface area contributed by atoms with Gasteiger partial charge >= 0.3 is 5.97 Å². The van der Waals surface area contributed by atoms with Gasteiger partial charge in [0.25, 0.3) is 0 Å². The van der Waals surface area contributed by atoms with Gasteiger partial charge in [0.1, 0.15) is 12.1 Å². The Bertz CT molecular complexity index is 502. The fourth-order valence-corrected chi connectivity index (χ4v) is 3.05. The lowest BCUT2D eigenvalue weighted by molar-refractivity contribution is -0.144. The van der Waals surface area contributed by atoms with Crippen LogP contribution in [0.5, 0.6) is 0 Å². The van der Waals surface area contributed by atoms with E-state index in [4.69, 9.17) is 11.5 Å². The summed E-state index contributed by atoms with van der Waals surface area (Å²) in [5.74, 6) is -2.26. The molecule has 3 amide bonds. The number of carbonyl (C=O) groups is 4. The van der Waals surface area contributed by atoms with Crippen molar-refractivity contribution in [1.82, 2.24) is 10.2 Å². The van der Waals surface area contributed by atoms with Crippen molar-refractivity contribution in [3.05, 3.63) is 0 Å². The third-order valence-electron chi connectivity index (χ3n) is 3.80. The molecular weight excluding hydrogens is 336 g/mol. The van der Waals surface area contributed by atoms with E-state index < -0.39 is 41.8 Å². The predicted octanol–water partition coefficient (Wildman–Crippen LogP) is -1.50. The Labute approximate surface area is 144 Å². The summed E-state index contributed by atoms with van der Waals surface area (Å²) in [6.45, 7) is 0.339. The molecule has 1 fully saturated rings. The number of primary amides is 1. The molecule has 0 spiro atoms. The van der Waals surface area contributed by atoms with Crippen molar-refractivity contribution in [1.29, 1.82) is 0 Å². The Balaban J connectivity index is 2.72. The van der Waals surface area contributed by atoms with Gasteiger partial charge in [-0.15, -0.1) is 0 Å². The number of carboxylic acids is 1. The van der Waals surface area contributed by atoms with Gasteiger partial charge in [0.05, 0.1) is 12.5 Å². The largest absolute Gasteiger partial charge is 0.480 e. The van der Waals surface area contributed by atoms with Crippen LogP contribution in [0.3, 0.4) is 0 Å². The van der Waals surface area contributed by atoms with Crippen LogP contribution >= 0.6 is 11.8 Å². The highest BCUT2D eigenvalue weighted by Crippen LogP contribution is 2.19. The van der Waals surface area contributed by atoms with E-state index in [-0.39, 0.29) is 6.42 Å². The summed E-state index contributed by atoms with van der Waals surface area (Å²) in [7, 11) is 0. The summed E-state index contributed by atoms with van der Waals surface area (Å²) < 4.78 is 0. The molecule has 1 saturated heterocycles. The normalized spacial score (nSPS) is 19.6. The lowest BCUT2D eigenvalue weighted by atomic mass is 10.1. The second kappa shape index (κ2) is 9.48. The average Bonchev–Trinajstić information content (AvgIpc) is 2.98. The zero-order valence-corrected chi connectivity index (χ0v) is 14.4. The van der Waals surface area contributed by atoms with E-state index in [1.165, 1.54) is 16.7 Å². The van der Waals surface area contributed by atoms with Crippen molar-refractivity contribution in [2.45, 2.75) is 43.8 Å². The summed E-state index contributed by atoms with van der Waals surface area (Å²) in [4.78, 5) is 48.1. The van der Waals surface area contributed by atoms with E-state index >= 15 is 0 Å². The van der Waals surface area contributed by atoms with Gasteiger partial charge in [-0.1, -0.05) is 0 Å². The minimum absolute atomic E-state index is 0.296. The van der Waals surface area contributed by atoms with Gasteiger partial charge in [-0.3, -0.25) is 14.4 Å². The van der Waals surface area contributed by atoms with Gasteiger partial charge in [0.2, 0.25) is 17.7 Å². The second-order valence-electron chi connectivity index (χ2n) is 5.65. The Morgan fingerprint density at radius 2 is 2.04 bits per heavy atom. The number of likely N-dealkylation sites (tertiary alicyclic amines) is 1.